The van der Waals surface area contributed by atoms with Crippen LogP contribution < -0.4 is 11.1 Å². The third-order valence-corrected chi connectivity index (χ3v) is 2.44. The fraction of sp³-hybridized carbons (Fsp3) is 0.667. The van der Waals surface area contributed by atoms with Gasteiger partial charge in [0, 0.05) is 12.6 Å². The zero-order valence-corrected chi connectivity index (χ0v) is 10.3. The third kappa shape index (κ3) is 4.96. The summed E-state index contributed by atoms with van der Waals surface area (Å²) in [6.45, 7) is 5.03. The Labute approximate surface area is 97.7 Å². The summed E-state index contributed by atoms with van der Waals surface area (Å²) in [5, 5.41) is 3.27. The van der Waals surface area contributed by atoms with Gasteiger partial charge in [0.2, 0.25) is 0 Å². The van der Waals surface area contributed by atoms with Crippen molar-refractivity contribution in [2.24, 2.45) is 0 Å². The van der Waals surface area contributed by atoms with Crippen molar-refractivity contribution >= 4 is 11.6 Å². The van der Waals surface area contributed by atoms with Crippen LogP contribution in [0.5, 0.6) is 0 Å². The van der Waals surface area contributed by atoms with E-state index >= 15 is 0 Å². The highest BCUT2D eigenvalue weighted by atomic mass is 15.0. The van der Waals surface area contributed by atoms with Gasteiger partial charge in [-0.25, -0.2) is 9.97 Å². The first kappa shape index (κ1) is 12.7. The number of anilines is 2. The normalized spacial score (nSPS) is 10.4. The summed E-state index contributed by atoms with van der Waals surface area (Å²) in [5.74, 6) is 2.08. The number of nitrogen functional groups attached to an aromatic ring is 1. The highest BCUT2D eigenvalue weighted by molar-refractivity contribution is 5.44. The van der Waals surface area contributed by atoms with Gasteiger partial charge in [0.05, 0.1) is 0 Å². The van der Waals surface area contributed by atoms with Gasteiger partial charge >= 0.3 is 0 Å². The van der Waals surface area contributed by atoms with E-state index in [9.17, 15) is 0 Å². The Balaban J connectivity index is 2.21. The van der Waals surface area contributed by atoms with Crippen molar-refractivity contribution in [3.63, 3.8) is 0 Å². The SMILES string of the molecule is CCCCCCCNc1cc(N)nc(C)n1. The first-order valence-corrected chi connectivity index (χ1v) is 6.07. The van der Waals surface area contributed by atoms with Gasteiger partial charge in [0.1, 0.15) is 17.5 Å². The number of aryl methyl sites for hydroxylation is 1. The first-order chi connectivity index (χ1) is 7.72. The molecular formula is C12H22N4. The molecule has 0 unspecified atom stereocenters. The average molecular weight is 222 g/mol. The second-order valence-electron chi connectivity index (χ2n) is 4.07. The van der Waals surface area contributed by atoms with Crippen molar-refractivity contribution in [3.05, 3.63) is 11.9 Å². The molecule has 1 aromatic heterocycles. The van der Waals surface area contributed by atoms with Crippen LogP contribution in [0.4, 0.5) is 11.6 Å². The van der Waals surface area contributed by atoms with E-state index in [0.29, 0.717) is 11.6 Å². The highest BCUT2D eigenvalue weighted by Crippen LogP contribution is 2.08. The molecule has 90 valence electrons. The fourth-order valence-electron chi connectivity index (χ4n) is 1.63. The largest absolute Gasteiger partial charge is 0.384 e. The Morgan fingerprint density at radius 2 is 1.94 bits per heavy atom. The predicted molar refractivity (Wildman–Crippen MR) is 68.4 cm³/mol. The molecule has 4 heteroatoms. The summed E-state index contributed by atoms with van der Waals surface area (Å²) >= 11 is 0. The fourth-order valence-corrected chi connectivity index (χ4v) is 1.63. The van der Waals surface area contributed by atoms with E-state index in [1.165, 1.54) is 32.1 Å². The molecule has 1 heterocycles. The maximum Gasteiger partial charge on any atom is 0.131 e. The van der Waals surface area contributed by atoms with Crippen LogP contribution in [0.15, 0.2) is 6.07 Å². The number of nitrogens with two attached hydrogens (primary N) is 1. The maximum absolute atomic E-state index is 5.64. The lowest BCUT2D eigenvalue weighted by molar-refractivity contribution is 0.644. The molecule has 0 aliphatic carbocycles. The van der Waals surface area contributed by atoms with Gasteiger partial charge in [-0.1, -0.05) is 32.6 Å². The van der Waals surface area contributed by atoms with E-state index in [0.717, 1.165) is 12.4 Å². The number of nitrogens with zero attached hydrogens (tertiary/aromatic N) is 2. The van der Waals surface area contributed by atoms with E-state index in [-0.39, 0.29) is 0 Å². The molecule has 4 nitrogen and oxygen atoms in total. The second-order valence-corrected chi connectivity index (χ2v) is 4.07. The van der Waals surface area contributed by atoms with Crippen molar-refractivity contribution in [2.75, 3.05) is 17.6 Å². The summed E-state index contributed by atoms with van der Waals surface area (Å²) in [6, 6.07) is 1.78. The van der Waals surface area contributed by atoms with Crippen molar-refractivity contribution in [2.45, 2.75) is 46.0 Å². The Kier molecular flexibility index (Phi) is 5.61. The third-order valence-electron chi connectivity index (χ3n) is 2.44. The van der Waals surface area contributed by atoms with Gasteiger partial charge in [-0.2, -0.15) is 0 Å². The first-order valence-electron chi connectivity index (χ1n) is 6.07. The van der Waals surface area contributed by atoms with Crippen LogP contribution in [0, 0.1) is 6.92 Å². The van der Waals surface area contributed by atoms with Gasteiger partial charge in [-0.3, -0.25) is 0 Å². The molecule has 0 spiro atoms. The van der Waals surface area contributed by atoms with Gasteiger partial charge in [-0.05, 0) is 13.3 Å². The minimum atomic E-state index is 0.529. The van der Waals surface area contributed by atoms with E-state index in [4.69, 9.17) is 5.73 Å². The zero-order valence-electron chi connectivity index (χ0n) is 10.3. The molecule has 0 radical (unpaired) electrons. The Morgan fingerprint density at radius 3 is 2.62 bits per heavy atom. The molecule has 0 aliphatic rings. The molecule has 0 bridgehead atoms. The molecular weight excluding hydrogens is 200 g/mol. The lowest BCUT2D eigenvalue weighted by atomic mass is 10.1. The number of rotatable bonds is 7. The van der Waals surface area contributed by atoms with Crippen molar-refractivity contribution < 1.29 is 0 Å². The van der Waals surface area contributed by atoms with Crippen molar-refractivity contribution in [1.29, 1.82) is 0 Å². The topological polar surface area (TPSA) is 63.8 Å². The van der Waals surface area contributed by atoms with Crippen LogP contribution in [-0.4, -0.2) is 16.5 Å². The summed E-state index contributed by atoms with van der Waals surface area (Å²) < 4.78 is 0. The molecule has 0 fully saturated rings. The highest BCUT2D eigenvalue weighted by Gasteiger charge is 1.97. The quantitative estimate of drug-likeness (QED) is 0.696. The number of unbranched alkanes of at least 4 members (excludes halogenated alkanes) is 4. The summed E-state index contributed by atoms with van der Waals surface area (Å²) in [6.07, 6.45) is 6.40. The average Bonchev–Trinajstić information content (AvgIpc) is 2.22. The lowest BCUT2D eigenvalue weighted by Gasteiger charge is -2.06. The molecule has 0 saturated heterocycles. The van der Waals surface area contributed by atoms with Gasteiger partial charge in [-0.15, -0.1) is 0 Å². The second kappa shape index (κ2) is 7.04. The predicted octanol–water partition coefficient (Wildman–Crippen LogP) is 2.75. The van der Waals surface area contributed by atoms with Crippen LogP contribution in [-0.2, 0) is 0 Å². The van der Waals surface area contributed by atoms with E-state index in [1.807, 2.05) is 6.92 Å². The Morgan fingerprint density at radius 1 is 1.19 bits per heavy atom. The van der Waals surface area contributed by atoms with Crippen LogP contribution in [0.3, 0.4) is 0 Å². The Bertz CT molecular complexity index is 292. The lowest BCUT2D eigenvalue weighted by Crippen LogP contribution is -2.06. The number of nitrogens with one attached hydrogen (secondary N) is 1. The van der Waals surface area contributed by atoms with Crippen LogP contribution in [0.25, 0.3) is 0 Å². The standard InChI is InChI=1S/C12H22N4/c1-3-4-5-6-7-8-14-12-9-11(13)15-10(2)16-12/h9H,3-8H2,1-2H3,(H3,13,14,15,16). The van der Waals surface area contributed by atoms with Gasteiger partial charge < -0.3 is 11.1 Å². The smallest absolute Gasteiger partial charge is 0.131 e. The maximum atomic E-state index is 5.64. The van der Waals surface area contributed by atoms with Crippen LogP contribution in [0.2, 0.25) is 0 Å². The van der Waals surface area contributed by atoms with Crippen molar-refractivity contribution in [1.82, 2.24) is 9.97 Å². The molecule has 0 saturated carbocycles. The summed E-state index contributed by atoms with van der Waals surface area (Å²) in [4.78, 5) is 8.30. The van der Waals surface area contributed by atoms with E-state index in [2.05, 4.69) is 22.2 Å². The minimum Gasteiger partial charge on any atom is -0.384 e. The molecule has 1 aromatic rings. The van der Waals surface area contributed by atoms with Crippen molar-refractivity contribution in [3.8, 4) is 0 Å². The van der Waals surface area contributed by atoms with Gasteiger partial charge in [0.25, 0.3) is 0 Å². The molecule has 0 aliphatic heterocycles. The summed E-state index contributed by atoms with van der Waals surface area (Å²) in [7, 11) is 0. The molecule has 3 N–H and O–H groups in total. The Hall–Kier alpha value is -1.32. The molecule has 1 rings (SSSR count). The van der Waals surface area contributed by atoms with Crippen LogP contribution in [0.1, 0.15) is 44.9 Å². The number of hydrogen-bond donors (Lipinski definition) is 2. The number of aromatic nitrogens is 2. The molecule has 16 heavy (non-hydrogen) atoms. The summed E-state index contributed by atoms with van der Waals surface area (Å²) in [5.41, 5.74) is 5.64. The minimum absolute atomic E-state index is 0.529. The molecule has 0 aromatic carbocycles. The molecule has 0 atom stereocenters. The monoisotopic (exact) mass is 222 g/mol. The van der Waals surface area contributed by atoms with E-state index in [1.54, 1.807) is 6.07 Å². The number of hydrogen-bond acceptors (Lipinski definition) is 4. The van der Waals surface area contributed by atoms with Crippen LogP contribution >= 0.6 is 0 Å². The zero-order chi connectivity index (χ0) is 11.8. The van der Waals surface area contributed by atoms with Gasteiger partial charge in [0.15, 0.2) is 0 Å². The molecule has 0 amide bonds. The van der Waals surface area contributed by atoms with E-state index < -0.39 is 0 Å².